The molecular formula is C12H15BN2. The van der Waals surface area contributed by atoms with Gasteiger partial charge in [0.05, 0.1) is 0 Å². The molecule has 0 spiro atoms. The van der Waals surface area contributed by atoms with Gasteiger partial charge in [-0.3, -0.25) is 0 Å². The van der Waals surface area contributed by atoms with E-state index >= 15 is 0 Å². The van der Waals surface area contributed by atoms with Gasteiger partial charge in [-0.1, -0.05) is 18.2 Å². The molecule has 1 saturated heterocycles. The fraction of sp³-hybridized carbons (Fsp3) is 0.417. The Morgan fingerprint density at radius 1 is 1.27 bits per heavy atom. The highest BCUT2D eigenvalue weighted by molar-refractivity contribution is 6.67. The second kappa shape index (κ2) is 4.40. The largest absolute Gasteiger partial charge is 0.373 e. The topological polar surface area (TPSA) is 27.0 Å². The van der Waals surface area contributed by atoms with Gasteiger partial charge < -0.3 is 4.90 Å². The summed E-state index contributed by atoms with van der Waals surface area (Å²) in [5.74, 6) is 2.36. The molecule has 0 aliphatic carbocycles. The molecule has 76 valence electrons. The third-order valence-electron chi connectivity index (χ3n) is 3.13. The van der Waals surface area contributed by atoms with Crippen molar-refractivity contribution in [3.8, 4) is 5.97 Å². The molecule has 2 nitrogen and oxygen atoms in total. The first-order chi connectivity index (χ1) is 7.31. The van der Waals surface area contributed by atoms with Crippen LogP contribution < -0.4 is 4.90 Å². The zero-order chi connectivity index (χ0) is 10.7. The van der Waals surface area contributed by atoms with Crippen LogP contribution in [0.1, 0.15) is 5.56 Å². The van der Waals surface area contributed by atoms with Crippen LogP contribution >= 0.6 is 0 Å². The van der Waals surface area contributed by atoms with Crippen LogP contribution in [0.25, 0.3) is 0 Å². The zero-order valence-electron chi connectivity index (χ0n) is 9.11. The first-order valence-corrected chi connectivity index (χ1v) is 5.51. The van der Waals surface area contributed by atoms with E-state index in [1.165, 1.54) is 11.3 Å². The molecule has 1 heterocycles. The first kappa shape index (κ1) is 10.1. The molecule has 0 bridgehead atoms. The molecule has 0 radical (unpaired) electrons. The summed E-state index contributed by atoms with van der Waals surface area (Å²) in [5, 5.41) is 8.83. The molecular weight excluding hydrogens is 183 g/mol. The number of hydrogen-bond acceptors (Lipinski definition) is 2. The molecule has 1 fully saturated rings. The van der Waals surface area contributed by atoms with Crippen molar-refractivity contribution >= 4 is 12.4 Å². The van der Waals surface area contributed by atoms with E-state index in [1.807, 2.05) is 0 Å². The minimum absolute atomic E-state index is 0.269. The summed E-state index contributed by atoms with van der Waals surface area (Å²) in [6, 6.07) is 8.47. The quantitative estimate of drug-likeness (QED) is 0.647. The Hall–Kier alpha value is -1.43. The number of anilines is 1. The van der Waals surface area contributed by atoms with Gasteiger partial charge in [-0.25, -0.2) is 5.26 Å². The summed E-state index contributed by atoms with van der Waals surface area (Å²) in [5.41, 5.74) is 2.65. The van der Waals surface area contributed by atoms with Gasteiger partial charge in [0.2, 0.25) is 0 Å². The van der Waals surface area contributed by atoms with Crippen molar-refractivity contribution in [2.75, 3.05) is 18.0 Å². The van der Waals surface area contributed by atoms with Crippen LogP contribution in [0.5, 0.6) is 0 Å². The van der Waals surface area contributed by atoms with Crippen molar-refractivity contribution in [3.63, 3.8) is 0 Å². The van der Waals surface area contributed by atoms with Crippen LogP contribution in [-0.2, 0) is 0 Å². The van der Waals surface area contributed by atoms with Gasteiger partial charge in [0, 0.05) is 24.7 Å². The molecule has 1 aliphatic rings. The molecule has 0 unspecified atom stereocenters. The number of rotatable bonds is 1. The summed E-state index contributed by atoms with van der Waals surface area (Å²) < 4.78 is 0. The van der Waals surface area contributed by atoms with Gasteiger partial charge in [-0.2, -0.15) is 0 Å². The van der Waals surface area contributed by atoms with Gasteiger partial charge in [-0.15, -0.1) is 0 Å². The first-order valence-electron chi connectivity index (χ1n) is 5.51. The van der Waals surface area contributed by atoms with E-state index < -0.39 is 0 Å². The molecule has 1 aromatic carbocycles. The van der Waals surface area contributed by atoms with Gasteiger partial charge in [0.1, 0.15) is 0 Å². The fourth-order valence-electron chi connectivity index (χ4n) is 2.17. The summed E-state index contributed by atoms with van der Waals surface area (Å²) >= 11 is 0. The molecule has 15 heavy (non-hydrogen) atoms. The lowest BCUT2D eigenvalue weighted by atomic mass is 9.45. The second-order valence-electron chi connectivity index (χ2n) is 4.18. The minimum Gasteiger partial charge on any atom is -0.373 e. The summed E-state index contributed by atoms with van der Waals surface area (Å²) in [6.45, 7) is 4.45. The van der Waals surface area contributed by atoms with Crippen LogP contribution in [0.3, 0.4) is 0 Å². The Kier molecular flexibility index (Phi) is 2.96. The number of nitriles is 1. The third-order valence-corrected chi connectivity index (χ3v) is 3.13. The Morgan fingerprint density at radius 3 is 2.53 bits per heavy atom. The van der Waals surface area contributed by atoms with Gasteiger partial charge in [0.15, 0.2) is 0 Å². The van der Waals surface area contributed by atoms with Crippen LogP contribution in [0.2, 0.25) is 12.6 Å². The van der Waals surface area contributed by atoms with Crippen LogP contribution in [0, 0.1) is 18.2 Å². The van der Waals surface area contributed by atoms with E-state index in [-0.39, 0.29) is 6.71 Å². The van der Waals surface area contributed by atoms with Gasteiger partial charge in [-0.05, 0) is 31.2 Å². The van der Waals surface area contributed by atoms with E-state index in [1.54, 1.807) is 0 Å². The Bertz CT molecular complexity index is 375. The predicted molar refractivity (Wildman–Crippen MR) is 64.4 cm³/mol. The molecule has 0 saturated carbocycles. The highest BCUT2D eigenvalue weighted by Gasteiger charge is 2.22. The number of aryl methyl sites for hydroxylation is 1. The minimum atomic E-state index is 0.269. The lowest BCUT2D eigenvalue weighted by molar-refractivity contribution is 0.818. The maximum absolute atomic E-state index is 8.83. The second-order valence-corrected chi connectivity index (χ2v) is 4.18. The summed E-state index contributed by atoms with van der Waals surface area (Å²) in [4.78, 5) is 2.39. The fourth-order valence-corrected chi connectivity index (χ4v) is 2.17. The molecule has 2 rings (SSSR count). The van der Waals surface area contributed by atoms with Crippen molar-refractivity contribution in [2.24, 2.45) is 0 Å². The summed E-state index contributed by atoms with van der Waals surface area (Å²) in [6.07, 6.45) is 2.01. The molecule has 0 aromatic heterocycles. The Balaban J connectivity index is 2.08. The normalized spacial score (nSPS) is 16.3. The van der Waals surface area contributed by atoms with Crippen molar-refractivity contribution in [1.82, 2.24) is 0 Å². The van der Waals surface area contributed by atoms with Gasteiger partial charge in [0.25, 0.3) is 6.71 Å². The van der Waals surface area contributed by atoms with Crippen LogP contribution in [0.4, 0.5) is 5.69 Å². The van der Waals surface area contributed by atoms with E-state index in [2.05, 4.69) is 42.1 Å². The molecule has 1 aromatic rings. The van der Waals surface area contributed by atoms with Crippen molar-refractivity contribution in [3.05, 3.63) is 29.8 Å². The highest BCUT2D eigenvalue weighted by atomic mass is 15.1. The average molecular weight is 198 g/mol. The van der Waals surface area contributed by atoms with Crippen molar-refractivity contribution in [2.45, 2.75) is 19.6 Å². The number of para-hydroxylation sites is 1. The standard InChI is InChI=1S/C12H15BN2/c1-11-4-2-3-5-12(11)15-8-6-13(10-14)7-9-15/h2-5H,6-9H2,1H3. The lowest BCUT2D eigenvalue weighted by Crippen LogP contribution is -2.36. The van der Waals surface area contributed by atoms with Crippen LogP contribution in [-0.4, -0.2) is 19.8 Å². The van der Waals surface area contributed by atoms with Gasteiger partial charge >= 0.3 is 0 Å². The van der Waals surface area contributed by atoms with E-state index in [0.29, 0.717) is 0 Å². The average Bonchev–Trinajstić information content (AvgIpc) is 2.30. The molecule has 1 aliphatic heterocycles. The molecule has 0 N–H and O–H groups in total. The SMILES string of the molecule is Cc1ccccc1N1CCB(C#N)CC1. The maximum atomic E-state index is 8.83. The Labute approximate surface area is 91.6 Å². The predicted octanol–water partition coefficient (Wildman–Crippen LogP) is 2.37. The van der Waals surface area contributed by atoms with E-state index in [4.69, 9.17) is 5.26 Å². The smallest absolute Gasteiger partial charge is 0.271 e. The summed E-state index contributed by atoms with van der Waals surface area (Å²) in [7, 11) is 0. The zero-order valence-corrected chi connectivity index (χ0v) is 9.11. The number of hydrogen-bond donors (Lipinski definition) is 0. The van der Waals surface area contributed by atoms with Crippen LogP contribution in [0.15, 0.2) is 24.3 Å². The van der Waals surface area contributed by atoms with E-state index in [9.17, 15) is 0 Å². The lowest BCUT2D eigenvalue weighted by Gasteiger charge is -2.31. The molecule has 0 amide bonds. The number of benzene rings is 1. The third kappa shape index (κ3) is 2.15. The monoisotopic (exact) mass is 198 g/mol. The van der Waals surface area contributed by atoms with Crippen molar-refractivity contribution < 1.29 is 0 Å². The molecule has 0 atom stereocenters. The highest BCUT2D eigenvalue weighted by Crippen LogP contribution is 2.23. The van der Waals surface area contributed by atoms with Crippen molar-refractivity contribution in [1.29, 1.82) is 5.26 Å². The Morgan fingerprint density at radius 2 is 1.93 bits per heavy atom. The maximum Gasteiger partial charge on any atom is 0.271 e. The molecule has 3 heteroatoms. The van der Waals surface area contributed by atoms with E-state index in [0.717, 1.165) is 25.7 Å². The number of nitrogens with zero attached hydrogens (tertiary/aromatic N) is 2.